The maximum atomic E-state index is 12.6. The van der Waals surface area contributed by atoms with Crippen molar-refractivity contribution in [2.45, 2.75) is 38.1 Å². The zero-order valence-corrected chi connectivity index (χ0v) is 20.9. The molecule has 5 rings (SSSR count). The van der Waals surface area contributed by atoms with Gasteiger partial charge in [0.05, 0.1) is 4.70 Å². The minimum Gasteiger partial charge on any atom is -0.353 e. The Morgan fingerprint density at radius 3 is 2.48 bits per heavy atom. The topological polar surface area (TPSA) is 80.8 Å². The van der Waals surface area contributed by atoms with Crippen LogP contribution in [0.5, 0.6) is 0 Å². The Morgan fingerprint density at radius 2 is 1.73 bits per heavy atom. The molecule has 1 aromatic heterocycles. The van der Waals surface area contributed by atoms with E-state index in [1.54, 1.807) is 15.8 Å². The van der Waals surface area contributed by atoms with Crippen LogP contribution in [-0.2, 0) is 10.2 Å². The van der Waals surface area contributed by atoms with Gasteiger partial charge in [0.2, 0.25) is 0 Å². The molecule has 33 heavy (non-hydrogen) atoms. The van der Waals surface area contributed by atoms with Crippen molar-refractivity contribution in [1.82, 2.24) is 23.6 Å². The molecule has 0 unspecified atom stereocenters. The molecule has 0 spiro atoms. The van der Waals surface area contributed by atoms with Gasteiger partial charge in [0.15, 0.2) is 0 Å². The van der Waals surface area contributed by atoms with E-state index in [0.717, 1.165) is 77.3 Å². The van der Waals surface area contributed by atoms with E-state index in [0.29, 0.717) is 19.0 Å². The van der Waals surface area contributed by atoms with Gasteiger partial charge in [0, 0.05) is 63.8 Å². The number of fused-ring (bicyclic) bond motifs is 1. The molecule has 2 saturated heterocycles. The van der Waals surface area contributed by atoms with Crippen LogP contribution in [0.1, 0.15) is 32.1 Å². The SMILES string of the molecule is O=S(=O)(N[C@H]1CC[C@@H](CCN2CCN(c3nsc4ccccc34)CC2)CC1)N1CCNCC1. The average Bonchev–Trinajstić information content (AvgIpc) is 3.29. The summed E-state index contributed by atoms with van der Waals surface area (Å²) in [5, 5.41) is 4.49. The van der Waals surface area contributed by atoms with E-state index in [1.807, 2.05) is 0 Å². The number of hydrogen-bond donors (Lipinski definition) is 2. The van der Waals surface area contributed by atoms with E-state index in [4.69, 9.17) is 4.37 Å². The summed E-state index contributed by atoms with van der Waals surface area (Å²) in [6.07, 6.45) is 5.39. The second-order valence-corrected chi connectivity index (χ2v) is 12.1. The number of nitrogens with zero attached hydrogens (tertiary/aromatic N) is 4. The van der Waals surface area contributed by atoms with Crippen LogP contribution >= 0.6 is 11.5 Å². The van der Waals surface area contributed by atoms with Gasteiger partial charge in [-0.05, 0) is 68.2 Å². The van der Waals surface area contributed by atoms with Crippen LogP contribution in [0.25, 0.3) is 10.1 Å². The summed E-state index contributed by atoms with van der Waals surface area (Å²) in [6.45, 7) is 8.01. The number of piperazine rings is 2. The third-order valence-corrected chi connectivity index (χ3v) is 9.96. The lowest BCUT2D eigenvalue weighted by atomic mass is 9.84. The summed E-state index contributed by atoms with van der Waals surface area (Å²) in [5.41, 5.74) is 0. The molecule has 0 radical (unpaired) electrons. The first kappa shape index (κ1) is 23.4. The molecule has 3 heterocycles. The molecule has 1 aliphatic carbocycles. The van der Waals surface area contributed by atoms with Gasteiger partial charge in [0.1, 0.15) is 5.82 Å². The Labute approximate surface area is 201 Å². The fourth-order valence-electron chi connectivity index (χ4n) is 5.39. The van der Waals surface area contributed by atoms with Gasteiger partial charge >= 0.3 is 0 Å². The molecule has 1 aromatic carbocycles. The second kappa shape index (κ2) is 10.5. The van der Waals surface area contributed by atoms with Gasteiger partial charge in [-0.15, -0.1) is 0 Å². The summed E-state index contributed by atoms with van der Waals surface area (Å²) >= 11 is 1.60. The molecular formula is C23H36N6O2S2. The molecule has 0 atom stereocenters. The quantitative estimate of drug-likeness (QED) is 0.616. The van der Waals surface area contributed by atoms with Gasteiger partial charge in [-0.2, -0.15) is 21.8 Å². The van der Waals surface area contributed by atoms with E-state index >= 15 is 0 Å². The maximum Gasteiger partial charge on any atom is 0.279 e. The van der Waals surface area contributed by atoms with Crippen molar-refractivity contribution in [3.05, 3.63) is 24.3 Å². The normalized spacial score (nSPS) is 26.1. The molecule has 10 heteroatoms. The minimum atomic E-state index is -3.34. The maximum absolute atomic E-state index is 12.6. The Morgan fingerprint density at radius 1 is 1.00 bits per heavy atom. The molecule has 3 fully saturated rings. The van der Waals surface area contributed by atoms with Gasteiger partial charge in [-0.25, -0.2) is 0 Å². The van der Waals surface area contributed by atoms with Crippen molar-refractivity contribution >= 4 is 37.6 Å². The van der Waals surface area contributed by atoms with Gasteiger partial charge in [-0.3, -0.25) is 4.90 Å². The first-order chi connectivity index (χ1) is 16.1. The number of anilines is 1. The van der Waals surface area contributed by atoms with Crippen LogP contribution in [0.4, 0.5) is 5.82 Å². The molecule has 2 N–H and O–H groups in total. The number of hydrogen-bond acceptors (Lipinski definition) is 7. The number of benzene rings is 1. The Kier molecular flexibility index (Phi) is 7.48. The Hall–Kier alpha value is -1.30. The molecule has 0 bridgehead atoms. The van der Waals surface area contributed by atoms with E-state index in [9.17, 15) is 8.42 Å². The second-order valence-electron chi connectivity index (χ2n) is 9.61. The number of nitrogens with one attached hydrogen (secondary N) is 2. The predicted molar refractivity (Wildman–Crippen MR) is 135 cm³/mol. The fourth-order valence-corrected chi connectivity index (χ4v) is 7.65. The number of aromatic nitrogens is 1. The standard InChI is InChI=1S/C23H36N6O2S2/c30-33(31,29-13-10-24-11-14-29)26-20-7-5-19(6-8-20)9-12-27-15-17-28(18-16-27)23-21-3-1-2-4-22(21)32-25-23/h1-4,19-20,24,26H,5-18H2/t19-,20+. The number of rotatable bonds is 7. The minimum absolute atomic E-state index is 0.0950. The molecule has 182 valence electrons. The Bertz CT molecular complexity index is 1010. The summed E-state index contributed by atoms with van der Waals surface area (Å²) < 4.78 is 35.8. The summed E-state index contributed by atoms with van der Waals surface area (Å²) in [6, 6.07) is 8.61. The molecule has 1 saturated carbocycles. The highest BCUT2D eigenvalue weighted by Gasteiger charge is 2.29. The van der Waals surface area contributed by atoms with Crippen molar-refractivity contribution in [3.63, 3.8) is 0 Å². The van der Waals surface area contributed by atoms with Crippen LogP contribution in [0.2, 0.25) is 0 Å². The highest BCUT2D eigenvalue weighted by molar-refractivity contribution is 7.87. The van der Waals surface area contributed by atoms with E-state index in [1.165, 1.54) is 16.5 Å². The monoisotopic (exact) mass is 492 g/mol. The lowest BCUT2D eigenvalue weighted by Gasteiger charge is -2.36. The summed E-state index contributed by atoms with van der Waals surface area (Å²) in [7, 11) is -3.34. The Balaban J connectivity index is 1.02. The third-order valence-electron chi connectivity index (χ3n) is 7.46. The fraction of sp³-hybridized carbons (Fsp3) is 0.696. The van der Waals surface area contributed by atoms with Crippen molar-refractivity contribution < 1.29 is 8.42 Å². The highest BCUT2D eigenvalue weighted by atomic mass is 32.2. The first-order valence-corrected chi connectivity index (χ1v) is 14.6. The van der Waals surface area contributed by atoms with Crippen LogP contribution in [0, 0.1) is 5.92 Å². The van der Waals surface area contributed by atoms with Crippen molar-refractivity contribution in [1.29, 1.82) is 0 Å². The molecule has 0 amide bonds. The lowest BCUT2D eigenvalue weighted by Crippen LogP contribution is -2.52. The molecule has 2 aromatic rings. The van der Waals surface area contributed by atoms with Gasteiger partial charge in [-0.1, -0.05) is 12.1 Å². The van der Waals surface area contributed by atoms with Crippen LogP contribution in [0.15, 0.2) is 24.3 Å². The van der Waals surface area contributed by atoms with E-state index in [2.05, 4.69) is 44.1 Å². The van der Waals surface area contributed by atoms with Crippen LogP contribution in [-0.4, -0.2) is 86.9 Å². The van der Waals surface area contributed by atoms with Gasteiger partial charge in [0.25, 0.3) is 10.2 Å². The molecule has 2 aliphatic heterocycles. The lowest BCUT2D eigenvalue weighted by molar-refractivity contribution is 0.214. The summed E-state index contributed by atoms with van der Waals surface area (Å²) in [5.74, 6) is 1.86. The smallest absolute Gasteiger partial charge is 0.279 e. The van der Waals surface area contributed by atoms with Gasteiger partial charge < -0.3 is 10.2 Å². The van der Waals surface area contributed by atoms with Crippen molar-refractivity contribution in [3.8, 4) is 0 Å². The molecule has 3 aliphatic rings. The largest absolute Gasteiger partial charge is 0.353 e. The molecule has 8 nitrogen and oxygen atoms in total. The first-order valence-electron chi connectivity index (χ1n) is 12.4. The van der Waals surface area contributed by atoms with Crippen molar-refractivity contribution in [2.75, 3.05) is 63.8 Å². The van der Waals surface area contributed by atoms with Crippen LogP contribution in [0.3, 0.4) is 0 Å². The highest BCUT2D eigenvalue weighted by Crippen LogP contribution is 2.31. The van der Waals surface area contributed by atoms with E-state index < -0.39 is 10.2 Å². The predicted octanol–water partition coefficient (Wildman–Crippen LogP) is 2.11. The average molecular weight is 493 g/mol. The summed E-state index contributed by atoms with van der Waals surface area (Å²) in [4.78, 5) is 5.02. The van der Waals surface area contributed by atoms with E-state index in [-0.39, 0.29) is 6.04 Å². The zero-order valence-electron chi connectivity index (χ0n) is 19.3. The molecular weight excluding hydrogens is 456 g/mol. The third kappa shape index (κ3) is 5.68. The zero-order chi connectivity index (χ0) is 22.7. The van der Waals surface area contributed by atoms with Crippen molar-refractivity contribution in [2.24, 2.45) is 5.92 Å². The van der Waals surface area contributed by atoms with Crippen LogP contribution < -0.4 is 14.9 Å².